The molecule has 0 aliphatic rings. The summed E-state index contributed by atoms with van der Waals surface area (Å²) < 4.78 is 0. The number of hydrogen-bond donors (Lipinski definition) is 2. The Morgan fingerprint density at radius 2 is 1.95 bits per heavy atom. The lowest BCUT2D eigenvalue weighted by Gasteiger charge is -2.21. The van der Waals surface area contributed by atoms with Gasteiger partial charge in [0.25, 0.3) is 0 Å². The highest BCUT2D eigenvalue weighted by Crippen LogP contribution is 2.20. The number of nitrogens with zero attached hydrogens (tertiary/aromatic N) is 2. The van der Waals surface area contributed by atoms with Crippen molar-refractivity contribution in [3.63, 3.8) is 0 Å². The molecule has 1 rings (SSSR count). The van der Waals surface area contributed by atoms with E-state index in [1.165, 1.54) is 0 Å². The topological polar surface area (TPSA) is 61.8 Å². The minimum Gasteiger partial charge on any atom is -0.409 e. The molecule has 0 aliphatic heterocycles. The van der Waals surface area contributed by atoms with Gasteiger partial charge in [0.1, 0.15) is 0 Å². The lowest BCUT2D eigenvalue weighted by Crippen LogP contribution is -2.25. The van der Waals surface area contributed by atoms with Crippen molar-refractivity contribution < 1.29 is 5.21 Å². The van der Waals surface area contributed by atoms with E-state index in [4.69, 9.17) is 22.5 Å². The van der Waals surface area contributed by atoms with Crippen molar-refractivity contribution in [3.05, 3.63) is 34.3 Å². The predicted molar refractivity (Wildman–Crippen MR) is 79.8 cm³/mol. The van der Waals surface area contributed by atoms with Crippen molar-refractivity contribution in [1.29, 1.82) is 0 Å². The average molecular weight is 284 g/mol. The van der Waals surface area contributed by atoms with E-state index in [0.717, 1.165) is 38.0 Å². The van der Waals surface area contributed by atoms with Crippen molar-refractivity contribution >= 4 is 17.4 Å². The van der Waals surface area contributed by atoms with Gasteiger partial charge in [0.2, 0.25) is 0 Å². The lowest BCUT2D eigenvalue weighted by molar-refractivity contribution is 0.266. The van der Waals surface area contributed by atoms with Crippen LogP contribution in [0.3, 0.4) is 0 Å². The Bertz CT molecular complexity index is 429. The normalized spacial score (nSPS) is 12.1. The summed E-state index contributed by atoms with van der Waals surface area (Å²) >= 11 is 6.26. The number of oxime groups is 1. The van der Waals surface area contributed by atoms with Gasteiger partial charge in [-0.1, -0.05) is 42.7 Å². The van der Waals surface area contributed by atoms with Crippen molar-refractivity contribution in [2.45, 2.75) is 33.2 Å². The third-order valence-corrected chi connectivity index (χ3v) is 3.28. The van der Waals surface area contributed by atoms with Gasteiger partial charge < -0.3 is 10.9 Å². The molecule has 1 aromatic carbocycles. The Kier molecular flexibility index (Phi) is 6.67. The summed E-state index contributed by atoms with van der Waals surface area (Å²) in [6, 6.07) is 5.50. The summed E-state index contributed by atoms with van der Waals surface area (Å²) in [6.45, 7) is 7.30. The molecule has 0 bridgehead atoms. The van der Waals surface area contributed by atoms with E-state index >= 15 is 0 Å². The third kappa shape index (κ3) is 4.73. The maximum Gasteiger partial charge on any atom is 0.170 e. The van der Waals surface area contributed by atoms with E-state index in [1.54, 1.807) is 6.07 Å². The number of nitrogens with two attached hydrogens (primary N) is 1. The molecule has 0 heterocycles. The molecule has 0 saturated heterocycles. The van der Waals surface area contributed by atoms with E-state index < -0.39 is 0 Å². The summed E-state index contributed by atoms with van der Waals surface area (Å²) in [6.07, 6.45) is 2.25. The molecule has 0 atom stereocenters. The molecule has 1 aromatic rings. The van der Waals surface area contributed by atoms with Gasteiger partial charge in [0.05, 0.1) is 0 Å². The average Bonchev–Trinajstić information content (AvgIpc) is 2.40. The van der Waals surface area contributed by atoms with Crippen molar-refractivity contribution in [1.82, 2.24) is 4.90 Å². The van der Waals surface area contributed by atoms with Gasteiger partial charge >= 0.3 is 0 Å². The van der Waals surface area contributed by atoms with Crippen molar-refractivity contribution in [3.8, 4) is 0 Å². The van der Waals surface area contributed by atoms with Crippen LogP contribution in [0, 0.1) is 0 Å². The van der Waals surface area contributed by atoms with Crippen LogP contribution in [-0.2, 0) is 6.54 Å². The van der Waals surface area contributed by atoms with Crippen LogP contribution in [0.1, 0.15) is 37.8 Å². The van der Waals surface area contributed by atoms with E-state index in [0.29, 0.717) is 10.6 Å². The summed E-state index contributed by atoms with van der Waals surface area (Å²) in [7, 11) is 0. The Morgan fingerprint density at radius 3 is 2.42 bits per heavy atom. The second-order valence-corrected chi connectivity index (χ2v) is 4.97. The highest BCUT2D eigenvalue weighted by atomic mass is 35.5. The minimum atomic E-state index is 0.0763. The molecule has 19 heavy (non-hydrogen) atoms. The zero-order chi connectivity index (χ0) is 14.3. The summed E-state index contributed by atoms with van der Waals surface area (Å²) in [4.78, 5) is 2.38. The van der Waals surface area contributed by atoms with Crippen LogP contribution in [0.25, 0.3) is 0 Å². The van der Waals surface area contributed by atoms with Gasteiger partial charge in [-0.05, 0) is 37.6 Å². The Morgan fingerprint density at radius 1 is 1.32 bits per heavy atom. The highest BCUT2D eigenvalue weighted by molar-refractivity contribution is 6.31. The maximum atomic E-state index is 8.65. The highest BCUT2D eigenvalue weighted by Gasteiger charge is 2.09. The van der Waals surface area contributed by atoms with Gasteiger partial charge in [-0.2, -0.15) is 0 Å². The first-order chi connectivity index (χ1) is 9.12. The fraction of sp³-hybridized carbons (Fsp3) is 0.500. The van der Waals surface area contributed by atoms with Crippen molar-refractivity contribution in [2.75, 3.05) is 13.1 Å². The van der Waals surface area contributed by atoms with Crippen LogP contribution in [-0.4, -0.2) is 29.0 Å². The molecule has 0 aliphatic carbocycles. The van der Waals surface area contributed by atoms with Crippen LogP contribution in [0.15, 0.2) is 23.4 Å². The number of halogens is 1. The molecular weight excluding hydrogens is 262 g/mol. The second kappa shape index (κ2) is 8.02. The zero-order valence-electron chi connectivity index (χ0n) is 11.6. The van der Waals surface area contributed by atoms with Crippen LogP contribution in [0.2, 0.25) is 5.02 Å². The Labute approximate surface area is 119 Å². The third-order valence-electron chi connectivity index (χ3n) is 2.93. The minimum absolute atomic E-state index is 0.0763. The van der Waals surface area contributed by atoms with Gasteiger partial charge in [-0.25, -0.2) is 0 Å². The molecule has 5 heteroatoms. The summed E-state index contributed by atoms with van der Waals surface area (Å²) in [5, 5.41) is 12.3. The molecule has 0 spiro atoms. The number of rotatable bonds is 7. The monoisotopic (exact) mass is 283 g/mol. The predicted octanol–water partition coefficient (Wildman–Crippen LogP) is 3.06. The molecule has 4 nitrogen and oxygen atoms in total. The first kappa shape index (κ1) is 15.8. The van der Waals surface area contributed by atoms with Crippen LogP contribution < -0.4 is 5.73 Å². The molecule has 0 aromatic heterocycles. The van der Waals surface area contributed by atoms with Crippen molar-refractivity contribution in [2.24, 2.45) is 10.9 Å². The number of hydrogen-bond acceptors (Lipinski definition) is 3. The fourth-order valence-electron chi connectivity index (χ4n) is 2.04. The molecule has 0 radical (unpaired) electrons. The first-order valence-corrected chi connectivity index (χ1v) is 6.98. The molecule has 106 valence electrons. The molecule has 3 N–H and O–H groups in total. The Hall–Kier alpha value is -1.26. The smallest absolute Gasteiger partial charge is 0.170 e. The Balaban J connectivity index is 2.83. The summed E-state index contributed by atoms with van der Waals surface area (Å²) in [5.41, 5.74) is 7.24. The number of benzene rings is 1. The van der Waals surface area contributed by atoms with E-state index in [1.807, 2.05) is 12.1 Å². The molecule has 0 fully saturated rings. The SMILES string of the molecule is CCCN(CCC)Cc1ccc(/C(N)=N/O)cc1Cl. The van der Waals surface area contributed by atoms with Gasteiger partial charge in [0.15, 0.2) is 5.84 Å². The van der Waals surface area contributed by atoms with Gasteiger partial charge in [0, 0.05) is 17.1 Å². The fourth-order valence-corrected chi connectivity index (χ4v) is 2.28. The largest absolute Gasteiger partial charge is 0.409 e. The van der Waals surface area contributed by atoms with Crippen LogP contribution in [0.5, 0.6) is 0 Å². The van der Waals surface area contributed by atoms with E-state index in [2.05, 4.69) is 23.9 Å². The second-order valence-electron chi connectivity index (χ2n) is 4.57. The lowest BCUT2D eigenvalue weighted by atomic mass is 10.1. The number of amidine groups is 1. The van der Waals surface area contributed by atoms with E-state index in [-0.39, 0.29) is 5.84 Å². The molecular formula is C14H22ClN3O. The summed E-state index contributed by atoms with van der Waals surface area (Å²) in [5.74, 6) is 0.0763. The standard InChI is InChI=1S/C14H22ClN3O/c1-3-7-18(8-4-2)10-12-6-5-11(9-13(12)15)14(16)17-19/h5-6,9,19H,3-4,7-8,10H2,1-2H3,(H2,16,17). The van der Waals surface area contributed by atoms with Gasteiger partial charge in [-0.15, -0.1) is 0 Å². The molecule has 0 unspecified atom stereocenters. The van der Waals surface area contributed by atoms with E-state index in [9.17, 15) is 0 Å². The quantitative estimate of drug-likeness (QED) is 0.350. The molecule has 0 amide bonds. The maximum absolute atomic E-state index is 8.65. The van der Waals surface area contributed by atoms with Crippen LogP contribution in [0.4, 0.5) is 0 Å². The molecule has 0 saturated carbocycles. The first-order valence-electron chi connectivity index (χ1n) is 6.61. The zero-order valence-corrected chi connectivity index (χ0v) is 12.3. The van der Waals surface area contributed by atoms with Gasteiger partial charge in [-0.3, -0.25) is 4.90 Å². The van der Waals surface area contributed by atoms with Crippen LogP contribution >= 0.6 is 11.6 Å².